The van der Waals surface area contributed by atoms with Crippen molar-refractivity contribution in [3.8, 4) is 0 Å². The highest BCUT2D eigenvalue weighted by atomic mass is 32.1. The Morgan fingerprint density at radius 2 is 2.13 bits per heavy atom. The van der Waals surface area contributed by atoms with E-state index >= 15 is 0 Å². The van der Waals surface area contributed by atoms with Gasteiger partial charge in [0, 0.05) is 6.54 Å². The van der Waals surface area contributed by atoms with Crippen molar-refractivity contribution < 1.29 is 4.42 Å². The Labute approximate surface area is 139 Å². The number of hydrogen-bond donors (Lipinski definition) is 1. The van der Waals surface area contributed by atoms with Crippen LogP contribution in [0.3, 0.4) is 0 Å². The molecule has 0 saturated carbocycles. The summed E-state index contributed by atoms with van der Waals surface area (Å²) in [7, 11) is 0. The highest BCUT2D eigenvalue weighted by molar-refractivity contribution is 7.16. The molecule has 0 spiro atoms. The maximum absolute atomic E-state index is 5.70. The number of rotatable bonds is 5. The number of nitrogens with zero attached hydrogens (tertiary/aromatic N) is 3. The summed E-state index contributed by atoms with van der Waals surface area (Å²) < 4.78 is 5.70. The van der Waals surface area contributed by atoms with Gasteiger partial charge in [-0.2, -0.15) is 0 Å². The molecule has 0 bridgehead atoms. The molecule has 1 aliphatic heterocycles. The zero-order valence-corrected chi connectivity index (χ0v) is 13.8. The van der Waals surface area contributed by atoms with E-state index in [4.69, 9.17) is 4.42 Å². The molecule has 6 heteroatoms. The smallest absolute Gasteiger partial charge is 0.138 e. The third-order valence-electron chi connectivity index (χ3n) is 4.43. The highest BCUT2D eigenvalue weighted by Crippen LogP contribution is 2.28. The molecule has 1 aliphatic rings. The van der Waals surface area contributed by atoms with Gasteiger partial charge < -0.3 is 9.73 Å². The molecule has 1 saturated heterocycles. The predicted octanol–water partition coefficient (Wildman–Crippen LogP) is 3.92. The fourth-order valence-electron chi connectivity index (χ4n) is 3.24. The van der Waals surface area contributed by atoms with Crippen molar-refractivity contribution in [2.45, 2.75) is 25.3 Å². The maximum atomic E-state index is 5.70. The summed E-state index contributed by atoms with van der Waals surface area (Å²) >= 11 is 1.64. The van der Waals surface area contributed by atoms with Crippen molar-refractivity contribution in [1.29, 1.82) is 0 Å². The lowest BCUT2D eigenvalue weighted by molar-refractivity contribution is 0.153. The number of furan rings is 1. The number of thiophene rings is 1. The van der Waals surface area contributed by atoms with Crippen LogP contribution < -0.4 is 5.32 Å². The molecule has 0 radical (unpaired) electrons. The lowest BCUT2D eigenvalue weighted by Crippen LogP contribution is -2.37. The molecule has 1 atom stereocenters. The monoisotopic (exact) mass is 328 g/mol. The van der Waals surface area contributed by atoms with Crippen LogP contribution in [0.25, 0.3) is 10.2 Å². The summed E-state index contributed by atoms with van der Waals surface area (Å²) in [5.41, 5.74) is 0. The van der Waals surface area contributed by atoms with Crippen LogP contribution in [0.15, 0.2) is 40.6 Å². The van der Waals surface area contributed by atoms with E-state index in [0.717, 1.165) is 41.4 Å². The second kappa shape index (κ2) is 6.68. The van der Waals surface area contributed by atoms with Crippen molar-refractivity contribution in [2.24, 2.45) is 0 Å². The Morgan fingerprint density at radius 1 is 1.22 bits per heavy atom. The van der Waals surface area contributed by atoms with Gasteiger partial charge >= 0.3 is 0 Å². The van der Waals surface area contributed by atoms with Crippen LogP contribution >= 0.6 is 11.3 Å². The van der Waals surface area contributed by atoms with Crippen molar-refractivity contribution in [2.75, 3.05) is 25.0 Å². The lowest BCUT2D eigenvalue weighted by Gasteiger charge is -2.33. The molecule has 0 unspecified atom stereocenters. The Hall–Kier alpha value is -1.92. The molecule has 0 aromatic carbocycles. The summed E-state index contributed by atoms with van der Waals surface area (Å²) in [6, 6.07) is 6.36. The van der Waals surface area contributed by atoms with E-state index in [1.54, 1.807) is 23.9 Å². The van der Waals surface area contributed by atoms with Gasteiger partial charge in [0.2, 0.25) is 0 Å². The van der Waals surface area contributed by atoms with Gasteiger partial charge in [-0.3, -0.25) is 4.90 Å². The van der Waals surface area contributed by atoms with E-state index in [9.17, 15) is 0 Å². The number of likely N-dealkylation sites (tertiary alicyclic amines) is 1. The molecule has 4 rings (SSSR count). The molecule has 3 aromatic rings. The second-order valence-electron chi connectivity index (χ2n) is 5.87. The Morgan fingerprint density at radius 3 is 2.96 bits per heavy atom. The fraction of sp³-hybridized carbons (Fsp3) is 0.412. The molecule has 1 fully saturated rings. The Bertz CT molecular complexity index is 749. The van der Waals surface area contributed by atoms with Crippen LogP contribution in [0.5, 0.6) is 0 Å². The van der Waals surface area contributed by atoms with Gasteiger partial charge in [-0.15, -0.1) is 11.3 Å². The minimum Gasteiger partial charge on any atom is -0.468 e. The molecule has 1 N–H and O–H groups in total. The zero-order valence-electron chi connectivity index (χ0n) is 12.9. The third kappa shape index (κ3) is 3.09. The van der Waals surface area contributed by atoms with Crippen molar-refractivity contribution >= 4 is 27.4 Å². The summed E-state index contributed by atoms with van der Waals surface area (Å²) in [6.07, 6.45) is 7.24. The first-order chi connectivity index (χ1) is 11.4. The molecule has 0 aliphatic carbocycles. The highest BCUT2D eigenvalue weighted by Gasteiger charge is 2.24. The van der Waals surface area contributed by atoms with Gasteiger partial charge in [0.1, 0.15) is 22.7 Å². The number of anilines is 1. The van der Waals surface area contributed by atoms with Gasteiger partial charge in [0.05, 0.1) is 17.7 Å². The van der Waals surface area contributed by atoms with E-state index in [1.807, 2.05) is 6.07 Å². The lowest BCUT2D eigenvalue weighted by atomic mass is 10.1. The molecular weight excluding hydrogens is 308 g/mol. The molecule has 0 amide bonds. The molecule has 5 nitrogen and oxygen atoms in total. The quantitative estimate of drug-likeness (QED) is 0.769. The predicted molar refractivity (Wildman–Crippen MR) is 92.8 cm³/mol. The average Bonchev–Trinajstić information content (AvgIpc) is 3.28. The van der Waals surface area contributed by atoms with Crippen LogP contribution in [0, 0.1) is 0 Å². The standard InChI is InChI=1S/C17H20N4OS/c1-2-7-21(8-3-1)14(15-5-4-9-22-15)11-18-16-13-6-10-23-17(13)20-12-19-16/h4-6,9-10,12,14H,1-3,7-8,11H2,(H,18,19,20)/t14-/m0/s1. The first-order valence-electron chi connectivity index (χ1n) is 8.11. The Kier molecular flexibility index (Phi) is 4.26. The fourth-order valence-corrected chi connectivity index (χ4v) is 3.98. The minimum atomic E-state index is 0.244. The largest absolute Gasteiger partial charge is 0.468 e. The number of nitrogens with one attached hydrogen (secondary N) is 1. The topological polar surface area (TPSA) is 54.2 Å². The molecule has 23 heavy (non-hydrogen) atoms. The maximum Gasteiger partial charge on any atom is 0.138 e. The van der Waals surface area contributed by atoms with E-state index in [0.29, 0.717) is 0 Å². The summed E-state index contributed by atoms with van der Waals surface area (Å²) in [4.78, 5) is 12.3. The molecule has 120 valence electrons. The number of piperidine rings is 1. The van der Waals surface area contributed by atoms with E-state index < -0.39 is 0 Å². The van der Waals surface area contributed by atoms with Crippen LogP contribution in [0.2, 0.25) is 0 Å². The van der Waals surface area contributed by atoms with Crippen molar-refractivity contribution in [3.63, 3.8) is 0 Å². The average molecular weight is 328 g/mol. The molecule has 3 aromatic heterocycles. The number of aromatic nitrogens is 2. The number of hydrogen-bond acceptors (Lipinski definition) is 6. The van der Waals surface area contributed by atoms with Crippen molar-refractivity contribution in [3.05, 3.63) is 41.9 Å². The summed E-state index contributed by atoms with van der Waals surface area (Å²) in [6.45, 7) is 3.05. The van der Waals surface area contributed by atoms with Gasteiger partial charge in [-0.25, -0.2) is 9.97 Å². The van der Waals surface area contributed by atoms with Gasteiger partial charge in [0.25, 0.3) is 0 Å². The van der Waals surface area contributed by atoms with E-state index in [2.05, 4.69) is 37.7 Å². The Balaban J connectivity index is 1.54. The van der Waals surface area contributed by atoms with Crippen LogP contribution in [-0.4, -0.2) is 34.5 Å². The number of fused-ring (bicyclic) bond motifs is 1. The SMILES string of the molecule is c1coc([C@H](CNc2ncnc3sccc23)N2CCCCC2)c1. The van der Waals surface area contributed by atoms with Gasteiger partial charge in [-0.1, -0.05) is 6.42 Å². The first-order valence-corrected chi connectivity index (χ1v) is 8.99. The van der Waals surface area contributed by atoms with E-state index in [1.165, 1.54) is 19.3 Å². The molecular formula is C17H20N4OS. The zero-order chi connectivity index (χ0) is 15.5. The van der Waals surface area contributed by atoms with Gasteiger partial charge in [-0.05, 0) is 49.5 Å². The van der Waals surface area contributed by atoms with E-state index in [-0.39, 0.29) is 6.04 Å². The normalized spacial score (nSPS) is 17.4. The first kappa shape index (κ1) is 14.7. The van der Waals surface area contributed by atoms with Crippen molar-refractivity contribution in [1.82, 2.24) is 14.9 Å². The van der Waals surface area contributed by atoms with Gasteiger partial charge in [0.15, 0.2) is 0 Å². The van der Waals surface area contributed by atoms with Crippen LogP contribution in [0.1, 0.15) is 31.1 Å². The minimum absolute atomic E-state index is 0.244. The summed E-state index contributed by atoms with van der Waals surface area (Å²) in [5, 5.41) is 6.66. The van der Waals surface area contributed by atoms with Crippen LogP contribution in [0.4, 0.5) is 5.82 Å². The third-order valence-corrected chi connectivity index (χ3v) is 5.25. The van der Waals surface area contributed by atoms with Crippen LogP contribution in [-0.2, 0) is 0 Å². The summed E-state index contributed by atoms with van der Waals surface area (Å²) in [5.74, 6) is 1.93. The molecule has 4 heterocycles. The second-order valence-corrected chi connectivity index (χ2v) is 6.77.